The zero-order valence-corrected chi connectivity index (χ0v) is 20.5. The molecule has 0 fully saturated rings. The van der Waals surface area contributed by atoms with Gasteiger partial charge in [0, 0.05) is 42.2 Å². The number of hydrogen-bond donors (Lipinski definition) is 4. The summed E-state index contributed by atoms with van der Waals surface area (Å²) in [4.78, 5) is 32.7. The number of rotatable bonds is 7. The highest BCUT2D eigenvalue weighted by atomic mass is 16.3. The van der Waals surface area contributed by atoms with Crippen molar-refractivity contribution in [2.24, 2.45) is 9.98 Å². The molecule has 0 bridgehead atoms. The summed E-state index contributed by atoms with van der Waals surface area (Å²) in [5.41, 5.74) is 3.88. The van der Waals surface area contributed by atoms with E-state index in [4.69, 9.17) is 5.11 Å². The molecule has 9 nitrogen and oxygen atoms in total. The van der Waals surface area contributed by atoms with Gasteiger partial charge in [0.25, 0.3) is 5.91 Å². The van der Waals surface area contributed by atoms with Crippen LogP contribution < -0.4 is 10.6 Å². The predicted molar refractivity (Wildman–Crippen MR) is 139 cm³/mol. The van der Waals surface area contributed by atoms with Crippen LogP contribution in [0.2, 0.25) is 0 Å². The number of guanidine groups is 1. The molecule has 0 aliphatic carbocycles. The normalized spacial score (nSPS) is 12.5. The quantitative estimate of drug-likeness (QED) is 0.453. The SMILES string of the molecule is CC(C)N(C=O)CCO.Cc1cccc(NC2=NC=C(NC(=O)c3cc(O)ccc3C)CC=N2)c1. The Kier molecular flexibility index (Phi) is 10.6. The van der Waals surface area contributed by atoms with Crippen LogP contribution in [0.15, 0.2) is 64.3 Å². The van der Waals surface area contributed by atoms with Gasteiger partial charge in [-0.2, -0.15) is 0 Å². The summed E-state index contributed by atoms with van der Waals surface area (Å²) in [6, 6.07) is 12.8. The lowest BCUT2D eigenvalue weighted by molar-refractivity contribution is -0.120. The Hall–Kier alpha value is -3.98. The molecule has 2 aromatic rings. The van der Waals surface area contributed by atoms with Gasteiger partial charge in [-0.25, -0.2) is 9.98 Å². The van der Waals surface area contributed by atoms with Crippen LogP contribution in [0.1, 0.15) is 41.8 Å². The van der Waals surface area contributed by atoms with Crippen molar-refractivity contribution in [2.45, 2.75) is 40.2 Å². The monoisotopic (exact) mass is 479 g/mol. The molecule has 1 heterocycles. The minimum atomic E-state index is -0.289. The lowest BCUT2D eigenvalue weighted by Crippen LogP contribution is -2.31. The minimum absolute atomic E-state index is 0.0386. The molecule has 0 atom stereocenters. The molecule has 3 rings (SSSR count). The number of carbonyl (C=O) groups excluding carboxylic acids is 2. The maximum Gasteiger partial charge on any atom is 0.255 e. The predicted octanol–water partition coefficient (Wildman–Crippen LogP) is 3.37. The number of aromatic hydroxyl groups is 1. The molecule has 0 saturated heterocycles. The topological polar surface area (TPSA) is 127 Å². The Morgan fingerprint density at radius 2 is 1.97 bits per heavy atom. The third-order valence-electron chi connectivity index (χ3n) is 5.04. The van der Waals surface area contributed by atoms with E-state index in [0.29, 0.717) is 30.2 Å². The summed E-state index contributed by atoms with van der Waals surface area (Å²) in [7, 11) is 0. The Balaban J connectivity index is 0.000000410. The fraction of sp³-hybridized carbons (Fsp3) is 0.308. The lowest BCUT2D eigenvalue weighted by Gasteiger charge is -2.19. The van der Waals surface area contributed by atoms with Gasteiger partial charge in [-0.15, -0.1) is 0 Å². The van der Waals surface area contributed by atoms with E-state index in [9.17, 15) is 14.7 Å². The molecule has 0 saturated carbocycles. The number of nitrogens with one attached hydrogen (secondary N) is 2. The van der Waals surface area contributed by atoms with Crippen molar-refractivity contribution in [3.05, 3.63) is 71.1 Å². The molecular weight excluding hydrogens is 446 g/mol. The zero-order valence-electron chi connectivity index (χ0n) is 20.5. The van der Waals surface area contributed by atoms with E-state index in [-0.39, 0.29) is 24.3 Å². The number of phenols is 1. The number of hydrogen-bond acceptors (Lipinski definition) is 7. The molecule has 9 heteroatoms. The van der Waals surface area contributed by atoms with E-state index >= 15 is 0 Å². The van der Waals surface area contributed by atoms with Crippen LogP contribution in [0, 0.1) is 13.8 Å². The molecule has 1 aliphatic rings. The van der Waals surface area contributed by atoms with Crippen LogP contribution in [0.4, 0.5) is 5.69 Å². The van der Waals surface area contributed by atoms with Crippen molar-refractivity contribution in [2.75, 3.05) is 18.5 Å². The van der Waals surface area contributed by atoms with E-state index in [0.717, 1.165) is 23.2 Å². The van der Waals surface area contributed by atoms with Gasteiger partial charge in [0.15, 0.2) is 0 Å². The second-order valence-corrected chi connectivity index (χ2v) is 8.23. The van der Waals surface area contributed by atoms with Crippen LogP contribution in [-0.2, 0) is 4.79 Å². The lowest BCUT2D eigenvalue weighted by atomic mass is 10.1. The van der Waals surface area contributed by atoms with Gasteiger partial charge in [-0.05, 0) is 63.1 Å². The van der Waals surface area contributed by atoms with Crippen LogP contribution in [-0.4, -0.2) is 58.8 Å². The van der Waals surface area contributed by atoms with Crippen molar-refractivity contribution in [1.29, 1.82) is 0 Å². The Bertz CT molecular complexity index is 1110. The van der Waals surface area contributed by atoms with E-state index in [1.165, 1.54) is 6.07 Å². The Labute approximate surface area is 205 Å². The summed E-state index contributed by atoms with van der Waals surface area (Å²) < 4.78 is 0. The zero-order chi connectivity index (χ0) is 25.8. The van der Waals surface area contributed by atoms with E-state index in [1.54, 1.807) is 29.4 Å². The molecule has 0 spiro atoms. The number of nitrogens with zero attached hydrogens (tertiary/aromatic N) is 3. The first-order chi connectivity index (χ1) is 16.7. The van der Waals surface area contributed by atoms with Gasteiger partial charge in [-0.1, -0.05) is 18.2 Å². The van der Waals surface area contributed by atoms with Gasteiger partial charge >= 0.3 is 0 Å². The highest BCUT2D eigenvalue weighted by molar-refractivity contribution is 6.00. The molecule has 35 heavy (non-hydrogen) atoms. The number of allylic oxidation sites excluding steroid dienone is 1. The summed E-state index contributed by atoms with van der Waals surface area (Å²) in [5, 5.41) is 24.0. The second kappa shape index (κ2) is 13.7. The first-order valence-electron chi connectivity index (χ1n) is 11.3. The number of anilines is 1. The van der Waals surface area contributed by atoms with Crippen LogP contribution in [0.25, 0.3) is 0 Å². The van der Waals surface area contributed by atoms with Gasteiger partial charge in [0.1, 0.15) is 5.75 Å². The molecule has 2 amide bonds. The fourth-order valence-corrected chi connectivity index (χ4v) is 3.07. The molecule has 4 N–H and O–H groups in total. The third-order valence-corrected chi connectivity index (χ3v) is 5.04. The van der Waals surface area contributed by atoms with Gasteiger partial charge in [-0.3, -0.25) is 9.59 Å². The summed E-state index contributed by atoms with van der Waals surface area (Å²) >= 11 is 0. The van der Waals surface area contributed by atoms with Crippen LogP contribution >= 0.6 is 0 Å². The number of aryl methyl sites for hydroxylation is 2. The van der Waals surface area contributed by atoms with E-state index in [2.05, 4.69) is 20.6 Å². The number of phenolic OH excluding ortho intramolecular Hbond substituents is 1. The van der Waals surface area contributed by atoms with Crippen molar-refractivity contribution >= 4 is 30.2 Å². The van der Waals surface area contributed by atoms with E-state index < -0.39 is 0 Å². The molecule has 186 valence electrons. The fourth-order valence-electron chi connectivity index (χ4n) is 3.07. The first-order valence-corrected chi connectivity index (χ1v) is 11.3. The number of amides is 2. The number of benzene rings is 2. The highest BCUT2D eigenvalue weighted by Crippen LogP contribution is 2.17. The smallest absolute Gasteiger partial charge is 0.255 e. The second-order valence-electron chi connectivity index (χ2n) is 8.23. The summed E-state index contributed by atoms with van der Waals surface area (Å²) in [6.45, 7) is 8.12. The highest BCUT2D eigenvalue weighted by Gasteiger charge is 2.12. The van der Waals surface area contributed by atoms with Gasteiger partial charge < -0.3 is 25.7 Å². The van der Waals surface area contributed by atoms with Crippen LogP contribution in [0.5, 0.6) is 5.75 Å². The average Bonchev–Trinajstić information content (AvgIpc) is 3.04. The average molecular weight is 480 g/mol. The largest absolute Gasteiger partial charge is 0.508 e. The summed E-state index contributed by atoms with van der Waals surface area (Å²) in [6.07, 6.45) is 4.48. The minimum Gasteiger partial charge on any atom is -0.508 e. The first kappa shape index (κ1) is 27.3. The Morgan fingerprint density at radius 1 is 1.20 bits per heavy atom. The Morgan fingerprint density at radius 3 is 2.60 bits per heavy atom. The van der Waals surface area contributed by atoms with E-state index in [1.807, 2.05) is 52.0 Å². The van der Waals surface area contributed by atoms with Crippen molar-refractivity contribution < 1.29 is 19.8 Å². The molecule has 2 aromatic carbocycles. The van der Waals surface area contributed by atoms with Crippen LogP contribution in [0.3, 0.4) is 0 Å². The van der Waals surface area contributed by atoms with Crippen molar-refractivity contribution in [3.63, 3.8) is 0 Å². The van der Waals surface area contributed by atoms with Crippen molar-refractivity contribution in [3.8, 4) is 5.75 Å². The maximum absolute atomic E-state index is 12.4. The maximum atomic E-state index is 12.4. The molecule has 0 aromatic heterocycles. The summed E-state index contributed by atoms with van der Waals surface area (Å²) in [5.74, 6) is 0.219. The molecular formula is C26H33N5O4. The molecule has 0 unspecified atom stereocenters. The number of aliphatic imine (C=N–C) groups is 2. The molecule has 1 aliphatic heterocycles. The number of aliphatic hydroxyl groups excluding tert-OH is 1. The molecule has 0 radical (unpaired) electrons. The van der Waals surface area contributed by atoms with Gasteiger partial charge in [0.2, 0.25) is 12.4 Å². The number of aliphatic hydroxyl groups is 1. The standard InChI is InChI=1S/C20H20N4O2.C6H13NO2/c1-13-4-3-5-15(10-13)24-20-21-9-8-16(12-22-20)23-19(26)18-11-17(25)7-6-14(18)2;1-6(2)7(5-9)3-4-8/h3-7,9-12,25H,8H2,1-2H3,(H,22,24)(H,23,26);5-6,8H,3-4H2,1-2H3. The third kappa shape index (κ3) is 9.05. The van der Waals surface area contributed by atoms with Gasteiger partial charge in [0.05, 0.1) is 12.8 Å². The number of carbonyl (C=O) groups is 2. The van der Waals surface area contributed by atoms with Crippen molar-refractivity contribution in [1.82, 2.24) is 10.2 Å².